The van der Waals surface area contributed by atoms with Crippen LogP contribution in [0, 0.1) is 0 Å². The highest BCUT2D eigenvalue weighted by molar-refractivity contribution is 7.99. The highest BCUT2D eigenvalue weighted by Gasteiger charge is 2.27. The van der Waals surface area contributed by atoms with Crippen LogP contribution >= 0.6 is 11.8 Å². The van der Waals surface area contributed by atoms with Gasteiger partial charge in [-0.15, -0.1) is 11.8 Å². The molecule has 1 saturated heterocycles. The number of aromatic nitrogens is 2. The van der Waals surface area contributed by atoms with Crippen molar-refractivity contribution < 1.29 is 14.1 Å². The molecule has 8 heteroatoms. The molecule has 2 unspecified atom stereocenters. The lowest BCUT2D eigenvalue weighted by Gasteiger charge is -2.31. The van der Waals surface area contributed by atoms with Crippen molar-refractivity contribution in [2.45, 2.75) is 43.7 Å². The Balaban J connectivity index is 1.35. The molecule has 1 aliphatic rings. The molecular weight excluding hydrogens is 400 g/mol. The van der Waals surface area contributed by atoms with E-state index in [-0.39, 0.29) is 23.6 Å². The van der Waals surface area contributed by atoms with E-state index in [4.69, 9.17) is 9.26 Å². The highest BCUT2D eigenvalue weighted by Crippen LogP contribution is 2.26. The van der Waals surface area contributed by atoms with Crippen LogP contribution in [-0.4, -0.2) is 27.6 Å². The molecule has 0 saturated carbocycles. The standard InChI is InChI=1S/C22H24N4O3S/c1-14(2)28-17-10-8-16(9-11-17)21-25-20(29-26-21)13-30-22-23-18(12-19(27)24-22)15-6-4-3-5-7-15/h3-11,14,18,22-23H,12-13H2,1-2H3,(H,24,27). The first-order chi connectivity index (χ1) is 14.6. The Morgan fingerprint density at radius 2 is 1.93 bits per heavy atom. The molecule has 4 rings (SSSR count). The van der Waals surface area contributed by atoms with Crippen LogP contribution in [0.2, 0.25) is 0 Å². The first kappa shape index (κ1) is 20.4. The number of carbonyl (C=O) groups excluding carboxylic acids is 1. The fraction of sp³-hybridized carbons (Fsp3) is 0.318. The number of nitrogens with one attached hydrogen (secondary N) is 2. The summed E-state index contributed by atoms with van der Waals surface area (Å²) in [5, 5.41) is 10.5. The van der Waals surface area contributed by atoms with E-state index in [1.54, 1.807) is 0 Å². The van der Waals surface area contributed by atoms with Crippen LogP contribution in [0.25, 0.3) is 11.4 Å². The average molecular weight is 425 g/mol. The van der Waals surface area contributed by atoms with Crippen LogP contribution in [0.5, 0.6) is 5.75 Å². The highest BCUT2D eigenvalue weighted by atomic mass is 32.2. The summed E-state index contributed by atoms with van der Waals surface area (Å²) in [5.74, 6) is 2.36. The monoisotopic (exact) mass is 424 g/mol. The molecule has 156 valence electrons. The third-order valence-electron chi connectivity index (χ3n) is 4.56. The van der Waals surface area contributed by atoms with Crippen molar-refractivity contribution in [2.75, 3.05) is 0 Å². The molecule has 0 bridgehead atoms. The third kappa shape index (κ3) is 5.20. The second-order valence-electron chi connectivity index (χ2n) is 7.30. The largest absolute Gasteiger partial charge is 0.491 e. The SMILES string of the molecule is CC(C)Oc1ccc(-c2noc(CSC3NC(=O)CC(c4ccccc4)N3)n2)cc1. The average Bonchev–Trinajstić information content (AvgIpc) is 3.22. The van der Waals surface area contributed by atoms with Crippen LogP contribution in [0.4, 0.5) is 0 Å². The molecule has 2 atom stereocenters. The fourth-order valence-electron chi connectivity index (χ4n) is 3.20. The van der Waals surface area contributed by atoms with Gasteiger partial charge in [0.05, 0.1) is 11.9 Å². The van der Waals surface area contributed by atoms with Crippen molar-refractivity contribution in [3.05, 3.63) is 66.1 Å². The van der Waals surface area contributed by atoms with E-state index in [1.165, 1.54) is 11.8 Å². The summed E-state index contributed by atoms with van der Waals surface area (Å²) >= 11 is 1.51. The van der Waals surface area contributed by atoms with Crippen LogP contribution in [0.3, 0.4) is 0 Å². The van der Waals surface area contributed by atoms with Gasteiger partial charge in [0.25, 0.3) is 0 Å². The molecule has 7 nitrogen and oxygen atoms in total. The van der Waals surface area contributed by atoms with Crippen molar-refractivity contribution in [1.82, 2.24) is 20.8 Å². The van der Waals surface area contributed by atoms with Gasteiger partial charge in [-0.1, -0.05) is 35.5 Å². The van der Waals surface area contributed by atoms with E-state index in [0.29, 0.717) is 23.9 Å². The van der Waals surface area contributed by atoms with Crippen molar-refractivity contribution in [2.24, 2.45) is 0 Å². The minimum Gasteiger partial charge on any atom is -0.491 e. The summed E-state index contributed by atoms with van der Waals surface area (Å²) in [4.78, 5) is 16.6. The number of hydrogen-bond donors (Lipinski definition) is 2. The molecule has 2 heterocycles. The zero-order chi connectivity index (χ0) is 20.9. The molecular formula is C22H24N4O3S. The summed E-state index contributed by atoms with van der Waals surface area (Å²) < 4.78 is 11.0. The van der Waals surface area contributed by atoms with E-state index < -0.39 is 0 Å². The minimum absolute atomic E-state index is 0.0118. The smallest absolute Gasteiger partial charge is 0.237 e. The van der Waals surface area contributed by atoms with E-state index in [1.807, 2.05) is 68.4 Å². The van der Waals surface area contributed by atoms with Crippen molar-refractivity contribution >= 4 is 17.7 Å². The van der Waals surface area contributed by atoms with E-state index >= 15 is 0 Å². The summed E-state index contributed by atoms with van der Waals surface area (Å²) in [6, 6.07) is 17.6. The van der Waals surface area contributed by atoms with E-state index in [0.717, 1.165) is 16.9 Å². The second-order valence-corrected chi connectivity index (χ2v) is 8.39. The lowest BCUT2D eigenvalue weighted by molar-refractivity contribution is -0.123. The van der Waals surface area contributed by atoms with Gasteiger partial charge in [0, 0.05) is 18.0 Å². The van der Waals surface area contributed by atoms with Gasteiger partial charge in [-0.2, -0.15) is 4.98 Å². The van der Waals surface area contributed by atoms with Crippen LogP contribution in [-0.2, 0) is 10.5 Å². The number of ether oxygens (including phenoxy) is 1. The Labute approximate surface area is 179 Å². The summed E-state index contributed by atoms with van der Waals surface area (Å²) in [5.41, 5.74) is 1.74. The minimum atomic E-state index is -0.223. The Morgan fingerprint density at radius 1 is 1.17 bits per heavy atom. The molecule has 0 spiro atoms. The Morgan fingerprint density at radius 3 is 2.67 bits per heavy atom. The van der Waals surface area contributed by atoms with Gasteiger partial charge in [0.2, 0.25) is 17.6 Å². The number of rotatable bonds is 7. The quantitative estimate of drug-likeness (QED) is 0.595. The molecule has 0 radical (unpaired) electrons. The lowest BCUT2D eigenvalue weighted by Crippen LogP contribution is -2.50. The first-order valence-electron chi connectivity index (χ1n) is 9.88. The maximum atomic E-state index is 12.1. The van der Waals surface area contributed by atoms with Crippen molar-refractivity contribution in [1.29, 1.82) is 0 Å². The normalized spacial score (nSPS) is 19.0. The topological polar surface area (TPSA) is 89.3 Å². The number of amides is 1. The summed E-state index contributed by atoms with van der Waals surface area (Å²) in [6.45, 7) is 3.98. The van der Waals surface area contributed by atoms with Gasteiger partial charge in [0.1, 0.15) is 11.2 Å². The van der Waals surface area contributed by atoms with Crippen LogP contribution in [0.15, 0.2) is 59.1 Å². The molecule has 3 aromatic rings. The van der Waals surface area contributed by atoms with Crippen molar-refractivity contribution in [3.8, 4) is 17.1 Å². The Hall–Kier alpha value is -2.84. The van der Waals surface area contributed by atoms with Gasteiger partial charge in [0.15, 0.2) is 0 Å². The van der Waals surface area contributed by atoms with Gasteiger partial charge < -0.3 is 14.6 Å². The van der Waals surface area contributed by atoms with Gasteiger partial charge in [-0.25, -0.2) is 0 Å². The first-order valence-corrected chi connectivity index (χ1v) is 10.9. The van der Waals surface area contributed by atoms with Gasteiger partial charge >= 0.3 is 0 Å². The molecule has 1 aromatic heterocycles. The van der Waals surface area contributed by atoms with Crippen molar-refractivity contribution in [3.63, 3.8) is 0 Å². The Bertz CT molecular complexity index is 976. The molecule has 0 aliphatic carbocycles. The zero-order valence-corrected chi connectivity index (χ0v) is 17.7. The second kappa shape index (κ2) is 9.32. The Kier molecular flexibility index (Phi) is 6.35. The lowest BCUT2D eigenvalue weighted by atomic mass is 10.0. The van der Waals surface area contributed by atoms with Gasteiger partial charge in [-0.3, -0.25) is 10.1 Å². The number of hydrogen-bond acceptors (Lipinski definition) is 7. The third-order valence-corrected chi connectivity index (χ3v) is 5.56. The molecule has 2 N–H and O–H groups in total. The molecule has 1 aliphatic heterocycles. The van der Waals surface area contributed by atoms with Gasteiger partial charge in [-0.05, 0) is 43.7 Å². The number of thioether (sulfide) groups is 1. The van der Waals surface area contributed by atoms with Crippen LogP contribution < -0.4 is 15.4 Å². The van der Waals surface area contributed by atoms with E-state index in [2.05, 4.69) is 20.8 Å². The molecule has 1 amide bonds. The number of carbonyl (C=O) groups is 1. The predicted octanol–water partition coefficient (Wildman–Crippen LogP) is 3.89. The predicted molar refractivity (Wildman–Crippen MR) is 116 cm³/mol. The maximum absolute atomic E-state index is 12.1. The molecule has 2 aromatic carbocycles. The number of nitrogens with zero attached hydrogens (tertiary/aromatic N) is 2. The van der Waals surface area contributed by atoms with Crippen LogP contribution in [0.1, 0.15) is 37.8 Å². The molecule has 1 fully saturated rings. The number of benzene rings is 2. The summed E-state index contributed by atoms with van der Waals surface area (Å²) in [6.07, 6.45) is 0.544. The molecule has 30 heavy (non-hydrogen) atoms. The maximum Gasteiger partial charge on any atom is 0.237 e. The van der Waals surface area contributed by atoms with E-state index in [9.17, 15) is 4.79 Å². The fourth-order valence-corrected chi connectivity index (χ4v) is 4.10. The summed E-state index contributed by atoms with van der Waals surface area (Å²) in [7, 11) is 0. The zero-order valence-electron chi connectivity index (χ0n) is 16.9.